The molecule has 278 valence electrons. The van der Waals surface area contributed by atoms with Crippen LogP contribution in [-0.4, -0.2) is 63.3 Å². The number of ether oxygens (including phenoxy) is 4. The summed E-state index contributed by atoms with van der Waals surface area (Å²) in [5, 5.41) is 15.5. The summed E-state index contributed by atoms with van der Waals surface area (Å²) >= 11 is 0. The Labute approximate surface area is 304 Å². The normalized spacial score (nSPS) is 12.5. The predicted octanol–water partition coefficient (Wildman–Crippen LogP) is 6.31. The van der Waals surface area contributed by atoms with E-state index >= 15 is 4.39 Å². The van der Waals surface area contributed by atoms with Gasteiger partial charge in [0.05, 0.1) is 31.1 Å². The van der Waals surface area contributed by atoms with Crippen LogP contribution >= 0.6 is 0 Å². The van der Waals surface area contributed by atoms with Crippen LogP contribution in [0.25, 0.3) is 16.6 Å². The standard InChI is InChI=1S/C38H40FN5O9/c1-21(33(36(47)48)42-37(49)53-38(3,4)5)20-43-22(2)32(35(46)44(43)24-11-9-8-10-12-24)34(45)41-23-13-14-29(26(39)17-23)52-28-15-16-40-27-19-31(51-7)30(50-6)18-25(27)28/h8-19,21,33H,20H2,1-7H3,(H,41,45)(H,42,49)(H,47,48). The van der Waals surface area contributed by atoms with Gasteiger partial charge in [0, 0.05) is 41.9 Å². The third-order valence-electron chi connectivity index (χ3n) is 8.21. The average molecular weight is 730 g/mol. The number of methoxy groups -OCH3 is 2. The highest BCUT2D eigenvalue weighted by Crippen LogP contribution is 2.37. The van der Waals surface area contributed by atoms with Crippen molar-refractivity contribution in [3.05, 3.63) is 100 Å². The number of carboxylic acids is 1. The van der Waals surface area contributed by atoms with Gasteiger partial charge >= 0.3 is 12.1 Å². The van der Waals surface area contributed by atoms with E-state index in [0.29, 0.717) is 33.8 Å². The van der Waals surface area contributed by atoms with E-state index in [1.54, 1.807) is 83.1 Å². The van der Waals surface area contributed by atoms with Crippen molar-refractivity contribution >= 4 is 34.6 Å². The number of nitrogens with one attached hydrogen (secondary N) is 2. The summed E-state index contributed by atoms with van der Waals surface area (Å²) < 4.78 is 40.1. The molecule has 2 amide bonds. The van der Waals surface area contributed by atoms with E-state index in [1.165, 1.54) is 41.9 Å². The minimum absolute atomic E-state index is 0.0459. The number of carbonyl (C=O) groups is 3. The lowest BCUT2D eigenvalue weighted by Crippen LogP contribution is -2.48. The molecule has 5 aromatic rings. The maximum atomic E-state index is 15.5. The van der Waals surface area contributed by atoms with Crippen molar-refractivity contribution in [2.24, 2.45) is 5.92 Å². The second-order valence-corrected chi connectivity index (χ2v) is 13.2. The number of rotatable bonds is 12. The van der Waals surface area contributed by atoms with Crippen molar-refractivity contribution in [3.8, 4) is 28.7 Å². The zero-order valence-corrected chi connectivity index (χ0v) is 30.2. The number of hydrogen-bond donors (Lipinski definition) is 3. The first-order chi connectivity index (χ1) is 25.1. The van der Waals surface area contributed by atoms with Gasteiger partial charge in [0.25, 0.3) is 11.5 Å². The Hall–Kier alpha value is -6.38. The van der Waals surface area contributed by atoms with Crippen molar-refractivity contribution in [3.63, 3.8) is 0 Å². The van der Waals surface area contributed by atoms with Crippen molar-refractivity contribution < 1.29 is 42.8 Å². The Kier molecular flexibility index (Phi) is 11.1. The first kappa shape index (κ1) is 37.9. The fraction of sp³-hybridized carbons (Fsp3) is 0.289. The number of anilines is 1. The number of nitrogens with zero attached hydrogens (tertiary/aromatic N) is 3. The van der Waals surface area contributed by atoms with E-state index in [1.807, 2.05) is 0 Å². The molecule has 0 saturated heterocycles. The Balaban J connectivity index is 1.43. The molecule has 5 rings (SSSR count). The molecule has 0 aliphatic rings. The molecular formula is C38H40FN5O9. The van der Waals surface area contributed by atoms with Crippen LogP contribution in [0.3, 0.4) is 0 Å². The molecule has 0 radical (unpaired) electrons. The topological polar surface area (TPSA) is 172 Å². The van der Waals surface area contributed by atoms with E-state index in [2.05, 4.69) is 15.6 Å². The van der Waals surface area contributed by atoms with Crippen LogP contribution in [0.15, 0.2) is 77.7 Å². The quantitative estimate of drug-likeness (QED) is 0.132. The van der Waals surface area contributed by atoms with Gasteiger partial charge in [-0.15, -0.1) is 0 Å². The molecule has 14 nitrogen and oxygen atoms in total. The summed E-state index contributed by atoms with van der Waals surface area (Å²) in [5.41, 5.74) is -0.612. The fourth-order valence-electron chi connectivity index (χ4n) is 5.73. The summed E-state index contributed by atoms with van der Waals surface area (Å²) in [4.78, 5) is 56.7. The van der Waals surface area contributed by atoms with Gasteiger partial charge in [-0.1, -0.05) is 25.1 Å². The van der Waals surface area contributed by atoms with Gasteiger partial charge in [-0.2, -0.15) is 0 Å². The number of carboxylic acid groups (broad SMARTS) is 1. The van der Waals surface area contributed by atoms with E-state index in [4.69, 9.17) is 18.9 Å². The SMILES string of the molecule is COc1cc2nccc(Oc3ccc(NC(=O)c4c(C)n(CC(C)C(NC(=O)OC(C)(C)C)C(=O)O)n(-c5ccccc5)c4=O)cc3F)c2cc1OC. The minimum Gasteiger partial charge on any atom is -0.493 e. The van der Waals surface area contributed by atoms with Crippen LogP contribution < -0.4 is 30.4 Å². The molecule has 0 bridgehead atoms. The monoisotopic (exact) mass is 729 g/mol. The molecule has 15 heteroatoms. The highest BCUT2D eigenvalue weighted by atomic mass is 19.1. The number of fused-ring (bicyclic) bond motifs is 1. The van der Waals surface area contributed by atoms with Crippen LogP contribution in [0.5, 0.6) is 23.0 Å². The van der Waals surface area contributed by atoms with Gasteiger partial charge in [-0.05, 0) is 64.1 Å². The van der Waals surface area contributed by atoms with Crippen LogP contribution in [0.1, 0.15) is 43.7 Å². The number of alkyl carbamates (subject to hydrolysis) is 1. The number of aromatic nitrogens is 3. The number of para-hydroxylation sites is 1. The van der Waals surface area contributed by atoms with Crippen LogP contribution in [-0.2, 0) is 16.1 Å². The van der Waals surface area contributed by atoms with Gasteiger partial charge in [-0.25, -0.2) is 18.7 Å². The van der Waals surface area contributed by atoms with E-state index < -0.39 is 46.9 Å². The lowest BCUT2D eigenvalue weighted by Gasteiger charge is -2.26. The fourth-order valence-corrected chi connectivity index (χ4v) is 5.73. The molecule has 0 fully saturated rings. The van der Waals surface area contributed by atoms with Gasteiger partial charge in [0.1, 0.15) is 23.0 Å². The summed E-state index contributed by atoms with van der Waals surface area (Å²) in [5.74, 6) is -2.67. The molecule has 2 heterocycles. The van der Waals surface area contributed by atoms with E-state index in [0.717, 1.165) is 6.07 Å². The molecule has 0 aliphatic heterocycles. The molecule has 3 aromatic carbocycles. The molecular weight excluding hydrogens is 689 g/mol. The second kappa shape index (κ2) is 15.5. The first-order valence-electron chi connectivity index (χ1n) is 16.5. The summed E-state index contributed by atoms with van der Waals surface area (Å²) in [6.07, 6.45) is 0.590. The Bertz CT molecular complexity index is 2230. The minimum atomic E-state index is -1.40. The van der Waals surface area contributed by atoms with E-state index in [-0.39, 0.29) is 29.2 Å². The molecule has 53 heavy (non-hydrogen) atoms. The number of amides is 2. The molecule has 0 aliphatic carbocycles. The van der Waals surface area contributed by atoms with Gasteiger partial charge in [0.2, 0.25) is 0 Å². The van der Waals surface area contributed by atoms with Gasteiger partial charge in [0.15, 0.2) is 23.1 Å². The predicted molar refractivity (Wildman–Crippen MR) is 194 cm³/mol. The van der Waals surface area contributed by atoms with Crippen molar-refractivity contribution in [1.29, 1.82) is 0 Å². The lowest BCUT2D eigenvalue weighted by molar-refractivity contribution is -0.141. The number of halogens is 1. The maximum Gasteiger partial charge on any atom is 0.408 e. The van der Waals surface area contributed by atoms with Gasteiger partial charge < -0.3 is 34.7 Å². The van der Waals surface area contributed by atoms with Crippen molar-refractivity contribution in [1.82, 2.24) is 19.7 Å². The third-order valence-corrected chi connectivity index (χ3v) is 8.21. The molecule has 0 spiro atoms. The molecule has 3 N–H and O–H groups in total. The smallest absolute Gasteiger partial charge is 0.408 e. The van der Waals surface area contributed by atoms with Crippen LogP contribution in [0, 0.1) is 18.7 Å². The second-order valence-electron chi connectivity index (χ2n) is 13.2. The number of hydrogen-bond acceptors (Lipinski definition) is 9. The molecule has 2 unspecified atom stereocenters. The first-order valence-corrected chi connectivity index (χ1v) is 16.5. The highest BCUT2D eigenvalue weighted by Gasteiger charge is 2.32. The largest absolute Gasteiger partial charge is 0.493 e. The number of aliphatic carboxylic acids is 1. The number of benzene rings is 3. The van der Waals surface area contributed by atoms with E-state index in [9.17, 15) is 24.3 Å². The number of carbonyl (C=O) groups excluding carboxylic acids is 2. The van der Waals surface area contributed by atoms with Crippen molar-refractivity contribution in [2.45, 2.75) is 52.8 Å². The summed E-state index contributed by atoms with van der Waals surface area (Å²) in [6.45, 7) is 7.98. The Morgan fingerprint density at radius 3 is 2.25 bits per heavy atom. The van der Waals surface area contributed by atoms with Crippen LogP contribution in [0.2, 0.25) is 0 Å². The van der Waals surface area contributed by atoms with Crippen LogP contribution in [0.4, 0.5) is 14.9 Å². The average Bonchev–Trinajstić information content (AvgIpc) is 3.35. The number of pyridine rings is 1. The summed E-state index contributed by atoms with van der Waals surface area (Å²) in [7, 11) is 2.99. The van der Waals surface area contributed by atoms with Crippen molar-refractivity contribution in [2.75, 3.05) is 19.5 Å². The highest BCUT2D eigenvalue weighted by molar-refractivity contribution is 6.05. The molecule has 2 aromatic heterocycles. The lowest BCUT2D eigenvalue weighted by atomic mass is 10.0. The summed E-state index contributed by atoms with van der Waals surface area (Å²) in [6, 6.07) is 15.8. The Morgan fingerprint density at radius 2 is 1.62 bits per heavy atom. The third kappa shape index (κ3) is 8.41. The zero-order valence-electron chi connectivity index (χ0n) is 30.2. The zero-order chi connectivity index (χ0) is 38.6. The molecule has 0 saturated carbocycles. The molecule has 2 atom stereocenters. The van der Waals surface area contributed by atoms with Gasteiger partial charge in [-0.3, -0.25) is 19.3 Å². The maximum absolute atomic E-state index is 15.5. The Morgan fingerprint density at radius 1 is 0.943 bits per heavy atom.